The predicted molar refractivity (Wildman–Crippen MR) is 461 cm³/mol. The molecule has 558 valence electrons. The maximum atomic E-state index is 12.8. The molecule has 6 aromatic heterocycles. The highest BCUT2D eigenvalue weighted by molar-refractivity contribution is 6.33. The fraction of sp³-hybridized carbons (Fsp3) is 0.135. The Morgan fingerprint density at radius 1 is 0.369 bits per heavy atom. The summed E-state index contributed by atoms with van der Waals surface area (Å²) >= 11 is 24.2. The van der Waals surface area contributed by atoms with Gasteiger partial charge in [-0.05, 0) is 272 Å². The van der Waals surface area contributed by atoms with Crippen molar-refractivity contribution in [2.24, 2.45) is 14.1 Å². The second kappa shape index (κ2) is 33.9. The number of aromatic nitrogens is 7. The summed E-state index contributed by atoms with van der Waals surface area (Å²) in [5.74, 6) is -0.208. The quantitative estimate of drug-likeness (QED) is 0.151. The van der Waals surface area contributed by atoms with E-state index in [0.29, 0.717) is 0 Å². The molecule has 0 fully saturated rings. The third-order valence-electron chi connectivity index (χ3n) is 19.7. The number of rotatable bonds is 8. The van der Waals surface area contributed by atoms with Gasteiger partial charge in [-0.3, -0.25) is 0 Å². The zero-order chi connectivity index (χ0) is 78.4. The molecule has 0 saturated heterocycles. The predicted octanol–water partition coefficient (Wildman–Crippen LogP) is 28.8. The number of benzene rings is 12. The van der Waals surface area contributed by atoms with Crippen LogP contribution in [-0.4, -0.2) is 33.0 Å². The van der Waals surface area contributed by atoms with Crippen LogP contribution in [0.15, 0.2) is 291 Å². The Morgan fingerprint density at radius 2 is 0.811 bits per heavy atom. The van der Waals surface area contributed by atoms with Crippen molar-refractivity contribution in [2.45, 2.75) is 74.7 Å². The van der Waals surface area contributed by atoms with Crippen LogP contribution in [0.1, 0.15) is 52.8 Å². The minimum absolute atomic E-state index is 0.208. The van der Waals surface area contributed by atoms with Crippen LogP contribution in [0.3, 0.4) is 0 Å². The molecule has 0 radical (unpaired) electrons. The highest BCUT2D eigenvalue weighted by atomic mass is 35.5. The molecule has 18 rings (SSSR count). The number of aryl methyl sites for hydroxylation is 10. The summed E-state index contributed by atoms with van der Waals surface area (Å²) in [6.45, 7) is 18.8. The van der Waals surface area contributed by atoms with Gasteiger partial charge >= 0.3 is 6.18 Å². The summed E-state index contributed by atoms with van der Waals surface area (Å²) in [5, 5.41) is 14.9. The summed E-state index contributed by atoms with van der Waals surface area (Å²) < 4.78 is 61.4. The van der Waals surface area contributed by atoms with Gasteiger partial charge in [-0.15, -0.1) is 0 Å². The maximum Gasteiger partial charge on any atom is 0.416 e. The third kappa shape index (κ3) is 18.1. The second-order valence-electron chi connectivity index (χ2n) is 27.9. The lowest BCUT2D eigenvalue weighted by Gasteiger charge is -2.09. The number of nitrogens with one attached hydrogen (secondary N) is 1. The number of H-pyrrole nitrogens is 1. The van der Waals surface area contributed by atoms with E-state index < -0.39 is 11.7 Å². The Labute approximate surface area is 664 Å². The summed E-state index contributed by atoms with van der Waals surface area (Å²) in [6.07, 6.45) is -2.26. The summed E-state index contributed by atoms with van der Waals surface area (Å²) in [4.78, 5) is 3.34. The lowest BCUT2D eigenvalue weighted by molar-refractivity contribution is -0.137. The number of halogens is 8. The van der Waals surface area contributed by atoms with E-state index in [9.17, 15) is 17.6 Å². The van der Waals surface area contributed by atoms with E-state index in [-0.39, 0.29) is 5.82 Å². The molecule has 18 aromatic rings. The Balaban J connectivity index is 0.000000117. The van der Waals surface area contributed by atoms with E-state index in [1.807, 2.05) is 126 Å². The number of hydrogen-bond acceptors (Lipinski definition) is 1. The SMILES string of the molecule is CCn1c(-c2cccc(Cl)c2)cc2cc(C)ccc21.CCn1c(-c2ccccc2Cl)cc2cc(C)ccc21.Cc1ccc2[nH]c(-c3ccc(F)cc3)cc2c1.Cc1ccc2c(c1)cc(-c1ccc(C(F)(F)F)cc1)n2C.Cc1ccc2c(c1)cc(-c1ccc(Cl)cc1)n2C.Cc1ccc2nn(-c3ccc(Cl)cc3)cc2c1. The van der Waals surface area contributed by atoms with Crippen molar-refractivity contribution in [1.82, 2.24) is 33.0 Å². The Morgan fingerprint density at radius 3 is 1.33 bits per heavy atom. The van der Waals surface area contributed by atoms with Crippen molar-refractivity contribution in [1.29, 1.82) is 0 Å². The molecule has 12 aromatic carbocycles. The zero-order valence-electron chi connectivity index (χ0n) is 63.3. The number of nitrogens with zero attached hydrogens (tertiary/aromatic N) is 6. The first kappa shape index (κ1) is 77.8. The highest BCUT2D eigenvalue weighted by Gasteiger charge is 2.30. The van der Waals surface area contributed by atoms with Crippen LogP contribution in [0.4, 0.5) is 17.6 Å². The first-order valence-corrected chi connectivity index (χ1v) is 38.2. The Kier molecular flexibility index (Phi) is 23.8. The summed E-state index contributed by atoms with van der Waals surface area (Å²) in [7, 11) is 4.02. The first-order chi connectivity index (χ1) is 53.3. The van der Waals surface area contributed by atoms with Crippen LogP contribution >= 0.6 is 46.4 Å². The number of hydrogen-bond donors (Lipinski definition) is 1. The topological polar surface area (TPSA) is 53.3 Å². The molecule has 0 aliphatic heterocycles. The molecule has 111 heavy (non-hydrogen) atoms. The summed E-state index contributed by atoms with van der Waals surface area (Å²) in [6, 6.07) is 92.7. The van der Waals surface area contributed by atoms with Gasteiger partial charge in [0.25, 0.3) is 0 Å². The fourth-order valence-electron chi connectivity index (χ4n) is 14.1. The van der Waals surface area contributed by atoms with E-state index in [2.05, 4.69) is 219 Å². The van der Waals surface area contributed by atoms with Gasteiger partial charge in [-0.2, -0.15) is 18.3 Å². The van der Waals surface area contributed by atoms with Gasteiger partial charge in [-0.25, -0.2) is 9.07 Å². The molecule has 0 saturated carbocycles. The number of aromatic amines is 1. The van der Waals surface area contributed by atoms with Gasteiger partial charge in [0.2, 0.25) is 0 Å². The summed E-state index contributed by atoms with van der Waals surface area (Å²) in [5.41, 5.74) is 25.7. The highest BCUT2D eigenvalue weighted by Crippen LogP contribution is 2.37. The number of fused-ring (bicyclic) bond motifs is 6. The van der Waals surface area contributed by atoms with E-state index in [1.165, 1.54) is 118 Å². The molecule has 0 unspecified atom stereocenters. The van der Waals surface area contributed by atoms with E-state index in [4.69, 9.17) is 46.4 Å². The van der Waals surface area contributed by atoms with Crippen LogP contribution in [0.5, 0.6) is 0 Å². The lowest BCUT2D eigenvalue weighted by atomic mass is 10.1. The lowest BCUT2D eigenvalue weighted by Crippen LogP contribution is -2.04. The minimum Gasteiger partial charge on any atom is -0.355 e. The van der Waals surface area contributed by atoms with Gasteiger partial charge in [0, 0.05) is 142 Å². The fourth-order valence-corrected chi connectivity index (χ4v) is 14.8. The van der Waals surface area contributed by atoms with Crippen LogP contribution in [0.2, 0.25) is 20.1 Å². The largest absolute Gasteiger partial charge is 0.416 e. The van der Waals surface area contributed by atoms with Gasteiger partial charge < -0.3 is 23.3 Å². The molecule has 0 atom stereocenters. The average Bonchev–Trinajstić information content (AvgIpc) is 1.65. The Hall–Kier alpha value is -11.3. The number of alkyl halides is 3. The van der Waals surface area contributed by atoms with Gasteiger partial charge in [-0.1, -0.05) is 171 Å². The molecular weight excluding hydrogens is 1470 g/mol. The minimum atomic E-state index is -4.30. The van der Waals surface area contributed by atoms with Gasteiger partial charge in [0.05, 0.1) is 22.5 Å². The van der Waals surface area contributed by atoms with Crippen molar-refractivity contribution >= 4 is 112 Å². The van der Waals surface area contributed by atoms with E-state index in [0.717, 1.165) is 112 Å². The van der Waals surface area contributed by atoms with Crippen molar-refractivity contribution in [3.63, 3.8) is 0 Å². The smallest absolute Gasteiger partial charge is 0.355 e. The second-order valence-corrected chi connectivity index (χ2v) is 29.7. The van der Waals surface area contributed by atoms with E-state index in [1.54, 1.807) is 12.1 Å². The molecule has 6 heterocycles. The normalized spacial score (nSPS) is 11.2. The first-order valence-electron chi connectivity index (χ1n) is 36.7. The Bertz CT molecular complexity index is 6190. The van der Waals surface area contributed by atoms with Crippen molar-refractivity contribution in [2.75, 3.05) is 0 Å². The monoisotopic (exact) mass is 1550 g/mol. The molecule has 7 nitrogen and oxygen atoms in total. The van der Waals surface area contributed by atoms with Gasteiger partial charge in [0.1, 0.15) is 5.82 Å². The zero-order valence-corrected chi connectivity index (χ0v) is 66.4. The van der Waals surface area contributed by atoms with Crippen molar-refractivity contribution < 1.29 is 17.6 Å². The van der Waals surface area contributed by atoms with Crippen LogP contribution in [0, 0.1) is 47.4 Å². The van der Waals surface area contributed by atoms with Crippen molar-refractivity contribution in [3.05, 3.63) is 356 Å². The average molecular weight is 1550 g/mol. The molecule has 0 aliphatic carbocycles. The maximum absolute atomic E-state index is 12.8. The molecular formula is C96H83Cl4F4N7. The molecule has 15 heteroatoms. The van der Waals surface area contributed by atoms with Gasteiger partial charge in [0.15, 0.2) is 0 Å². The molecule has 0 aliphatic rings. The van der Waals surface area contributed by atoms with Crippen LogP contribution in [-0.2, 0) is 33.4 Å². The molecule has 1 N–H and O–H groups in total. The van der Waals surface area contributed by atoms with Crippen LogP contribution < -0.4 is 0 Å². The van der Waals surface area contributed by atoms with Crippen molar-refractivity contribution in [3.8, 4) is 62.0 Å². The molecule has 0 amide bonds. The molecule has 0 bridgehead atoms. The van der Waals surface area contributed by atoms with E-state index >= 15 is 0 Å². The standard InChI is InChI=1S/2C17H16ClN.C17H14F3N.C16H14ClN.C15H12FN.C14H11ClN2/c1-3-19-16-8-7-12(2)9-14(16)11-17(19)13-5-4-6-15(18)10-13;1-3-19-16-9-8-12(2)10-13(16)11-17(19)14-6-4-5-7-15(14)18;1-11-3-8-15-13(9-11)10-16(21(15)2)12-4-6-14(7-5-12)17(18,19)20;1-11-3-8-15-13(9-11)10-16(18(15)2)12-4-6-14(17)7-5-12;1-10-2-7-14-12(8-10)9-15(17-14)11-3-5-13(16)6-4-11;1-10-2-7-14-11(8-10)9-17(16-14)13-5-3-12(15)4-6-13/h2*4-11H,3H2,1-2H3;3-10H,1-2H3;3-10H,1-2H3;2-9,17H,1H3;2-9H,1H3. The third-order valence-corrected chi connectivity index (χ3v) is 20.8. The molecule has 0 spiro atoms. The van der Waals surface area contributed by atoms with Crippen LogP contribution in [0.25, 0.3) is 127 Å².